The number of fused-ring (bicyclic) bond motifs is 1. The van der Waals surface area contributed by atoms with Crippen molar-refractivity contribution in [3.05, 3.63) is 0 Å². The zero-order valence-corrected chi connectivity index (χ0v) is 15.3. The van der Waals surface area contributed by atoms with Gasteiger partial charge in [-0.25, -0.2) is 0 Å². The maximum atomic E-state index is 12.7. The molecule has 1 aliphatic carbocycles. The SMILES string of the molecule is O=C(C(=O)N1CC[C@@H]2CNC[C@@H]21)N1CCN(CC2CCCCC2)CC1. The molecule has 0 radical (unpaired) electrons. The molecule has 6 heteroatoms. The lowest BCUT2D eigenvalue weighted by Crippen LogP contribution is -2.54. The Labute approximate surface area is 150 Å². The minimum Gasteiger partial charge on any atom is -0.332 e. The molecule has 0 aromatic rings. The number of carbonyl (C=O) groups excluding carboxylic acids is 2. The molecule has 0 aromatic heterocycles. The predicted molar refractivity (Wildman–Crippen MR) is 96.1 cm³/mol. The summed E-state index contributed by atoms with van der Waals surface area (Å²) < 4.78 is 0. The Morgan fingerprint density at radius 3 is 2.36 bits per heavy atom. The average Bonchev–Trinajstić information content (AvgIpc) is 3.26. The average molecular weight is 348 g/mol. The zero-order valence-electron chi connectivity index (χ0n) is 15.3. The first kappa shape index (κ1) is 17.3. The van der Waals surface area contributed by atoms with Crippen LogP contribution in [-0.2, 0) is 9.59 Å². The van der Waals surface area contributed by atoms with Crippen LogP contribution in [0.4, 0.5) is 0 Å². The number of nitrogens with one attached hydrogen (secondary N) is 1. The van der Waals surface area contributed by atoms with Crippen LogP contribution >= 0.6 is 0 Å². The number of likely N-dealkylation sites (tertiary alicyclic amines) is 1. The molecular formula is C19H32N4O2. The molecule has 1 N–H and O–H groups in total. The minimum atomic E-state index is -0.273. The van der Waals surface area contributed by atoms with Crippen molar-refractivity contribution in [3.8, 4) is 0 Å². The molecule has 3 saturated heterocycles. The van der Waals surface area contributed by atoms with Gasteiger partial charge in [-0.05, 0) is 31.1 Å². The topological polar surface area (TPSA) is 55.9 Å². The van der Waals surface area contributed by atoms with Crippen molar-refractivity contribution in [2.75, 3.05) is 52.4 Å². The molecule has 4 fully saturated rings. The Bertz CT molecular complexity index is 498. The van der Waals surface area contributed by atoms with Gasteiger partial charge in [0, 0.05) is 58.4 Å². The zero-order chi connectivity index (χ0) is 17.2. The lowest BCUT2D eigenvalue weighted by atomic mass is 9.89. The molecule has 2 amide bonds. The Balaban J connectivity index is 1.25. The maximum Gasteiger partial charge on any atom is 0.312 e. The molecule has 0 spiro atoms. The second-order valence-corrected chi connectivity index (χ2v) is 8.37. The van der Waals surface area contributed by atoms with Crippen molar-refractivity contribution < 1.29 is 9.59 Å². The first-order valence-corrected chi connectivity index (χ1v) is 10.3. The van der Waals surface area contributed by atoms with E-state index in [0.29, 0.717) is 19.0 Å². The fourth-order valence-electron chi connectivity index (χ4n) is 5.23. The molecule has 2 atom stereocenters. The third-order valence-corrected chi connectivity index (χ3v) is 6.79. The molecule has 3 aliphatic heterocycles. The minimum absolute atomic E-state index is 0.240. The summed E-state index contributed by atoms with van der Waals surface area (Å²) in [5.74, 6) is 0.847. The van der Waals surface area contributed by atoms with Crippen molar-refractivity contribution >= 4 is 11.8 Å². The van der Waals surface area contributed by atoms with Crippen molar-refractivity contribution in [2.24, 2.45) is 11.8 Å². The Hall–Kier alpha value is -1.14. The summed E-state index contributed by atoms with van der Waals surface area (Å²) in [6.45, 7) is 7.02. The third-order valence-electron chi connectivity index (χ3n) is 6.79. The van der Waals surface area contributed by atoms with Crippen LogP contribution in [0.2, 0.25) is 0 Å². The fraction of sp³-hybridized carbons (Fsp3) is 0.895. The van der Waals surface area contributed by atoms with Gasteiger partial charge in [-0.15, -0.1) is 0 Å². The van der Waals surface area contributed by atoms with Gasteiger partial charge in [-0.1, -0.05) is 19.3 Å². The maximum absolute atomic E-state index is 12.7. The number of piperazine rings is 1. The Morgan fingerprint density at radius 2 is 1.60 bits per heavy atom. The molecule has 0 unspecified atom stereocenters. The van der Waals surface area contributed by atoms with E-state index in [-0.39, 0.29) is 17.9 Å². The van der Waals surface area contributed by atoms with Gasteiger partial charge in [0.1, 0.15) is 0 Å². The van der Waals surface area contributed by atoms with Crippen molar-refractivity contribution in [1.29, 1.82) is 0 Å². The molecular weight excluding hydrogens is 316 g/mol. The van der Waals surface area contributed by atoms with Crippen LogP contribution in [-0.4, -0.2) is 84.9 Å². The van der Waals surface area contributed by atoms with E-state index in [0.717, 1.165) is 45.1 Å². The van der Waals surface area contributed by atoms with Gasteiger partial charge in [0.25, 0.3) is 0 Å². The van der Waals surface area contributed by atoms with E-state index in [9.17, 15) is 9.59 Å². The van der Waals surface area contributed by atoms with E-state index in [1.54, 1.807) is 4.90 Å². The Morgan fingerprint density at radius 1 is 0.840 bits per heavy atom. The van der Waals surface area contributed by atoms with Gasteiger partial charge in [0.15, 0.2) is 0 Å². The van der Waals surface area contributed by atoms with Crippen molar-refractivity contribution in [1.82, 2.24) is 20.0 Å². The summed E-state index contributed by atoms with van der Waals surface area (Å²) in [7, 11) is 0. The number of nitrogens with zero attached hydrogens (tertiary/aromatic N) is 3. The monoisotopic (exact) mass is 348 g/mol. The molecule has 6 nitrogen and oxygen atoms in total. The van der Waals surface area contributed by atoms with Crippen LogP contribution in [0.25, 0.3) is 0 Å². The summed E-state index contributed by atoms with van der Waals surface area (Å²) >= 11 is 0. The third kappa shape index (κ3) is 3.70. The molecule has 140 valence electrons. The van der Waals surface area contributed by atoms with E-state index in [1.807, 2.05) is 4.90 Å². The molecule has 0 bridgehead atoms. The largest absolute Gasteiger partial charge is 0.332 e. The summed E-state index contributed by atoms with van der Waals surface area (Å²) in [6.07, 6.45) is 7.92. The number of carbonyl (C=O) groups is 2. The lowest BCUT2D eigenvalue weighted by Gasteiger charge is -2.37. The van der Waals surface area contributed by atoms with Crippen molar-refractivity contribution in [2.45, 2.75) is 44.6 Å². The van der Waals surface area contributed by atoms with Gasteiger partial charge in [-0.2, -0.15) is 0 Å². The number of rotatable bonds is 2. The second kappa shape index (κ2) is 7.62. The van der Waals surface area contributed by atoms with Crippen LogP contribution in [0.1, 0.15) is 38.5 Å². The number of hydrogen-bond acceptors (Lipinski definition) is 4. The van der Waals surface area contributed by atoms with E-state index in [4.69, 9.17) is 0 Å². The highest BCUT2D eigenvalue weighted by molar-refractivity contribution is 6.35. The number of amides is 2. The second-order valence-electron chi connectivity index (χ2n) is 8.37. The van der Waals surface area contributed by atoms with Crippen molar-refractivity contribution in [3.63, 3.8) is 0 Å². The van der Waals surface area contributed by atoms with Gasteiger partial charge in [-0.3, -0.25) is 14.5 Å². The van der Waals surface area contributed by atoms with Gasteiger partial charge in [0.2, 0.25) is 0 Å². The highest BCUT2D eigenvalue weighted by Crippen LogP contribution is 2.28. The highest BCUT2D eigenvalue weighted by atomic mass is 16.2. The summed E-state index contributed by atoms with van der Waals surface area (Å²) in [5, 5.41) is 3.35. The van der Waals surface area contributed by atoms with Gasteiger partial charge < -0.3 is 15.1 Å². The first-order chi connectivity index (χ1) is 12.2. The van der Waals surface area contributed by atoms with Crippen LogP contribution < -0.4 is 5.32 Å². The molecule has 4 rings (SSSR count). The van der Waals surface area contributed by atoms with Gasteiger partial charge >= 0.3 is 11.8 Å². The molecule has 3 heterocycles. The van der Waals surface area contributed by atoms with E-state index in [1.165, 1.54) is 38.6 Å². The quantitative estimate of drug-likeness (QED) is 0.740. The van der Waals surface area contributed by atoms with Crippen LogP contribution in [0.3, 0.4) is 0 Å². The number of hydrogen-bond donors (Lipinski definition) is 1. The summed E-state index contributed by atoms with van der Waals surface area (Å²) in [6, 6.07) is 0.240. The molecule has 0 aromatic carbocycles. The smallest absolute Gasteiger partial charge is 0.312 e. The van der Waals surface area contributed by atoms with Crippen LogP contribution in [0.15, 0.2) is 0 Å². The lowest BCUT2D eigenvalue weighted by molar-refractivity contribution is -0.153. The van der Waals surface area contributed by atoms with Crippen LogP contribution in [0.5, 0.6) is 0 Å². The van der Waals surface area contributed by atoms with Crippen LogP contribution in [0, 0.1) is 11.8 Å². The van der Waals surface area contributed by atoms with E-state index >= 15 is 0 Å². The predicted octanol–water partition coefficient (Wildman–Crippen LogP) is 0.531. The first-order valence-electron chi connectivity index (χ1n) is 10.3. The summed E-state index contributed by atoms with van der Waals surface area (Å²) in [4.78, 5) is 31.5. The van der Waals surface area contributed by atoms with E-state index in [2.05, 4.69) is 10.2 Å². The van der Waals surface area contributed by atoms with Gasteiger partial charge in [0.05, 0.1) is 0 Å². The summed E-state index contributed by atoms with van der Waals surface area (Å²) in [5.41, 5.74) is 0. The van der Waals surface area contributed by atoms with E-state index < -0.39 is 0 Å². The molecule has 4 aliphatic rings. The molecule has 1 saturated carbocycles. The Kier molecular flexibility index (Phi) is 5.27. The highest BCUT2D eigenvalue weighted by Gasteiger charge is 2.42. The standard InChI is InChI=1S/C19H32N4O2/c24-18(19(25)23-7-6-16-12-20-13-17(16)23)22-10-8-21(9-11-22)14-15-4-2-1-3-5-15/h15-17,20H,1-14H2/t16-,17+/m1/s1. The fourth-order valence-corrected chi connectivity index (χ4v) is 5.23. The normalized spacial score (nSPS) is 31.4. The molecule has 25 heavy (non-hydrogen) atoms.